The normalized spacial score (nSPS) is 39.6. The lowest BCUT2D eigenvalue weighted by molar-refractivity contribution is -0.144. The van der Waals surface area contributed by atoms with Gasteiger partial charge in [-0.1, -0.05) is 0 Å². The lowest BCUT2D eigenvalue weighted by Gasteiger charge is -2.27. The molecule has 0 aromatic carbocycles. The molecule has 0 aromatic heterocycles. The molecule has 68 valence electrons. The molecule has 1 N–H and O–H groups in total. The molecule has 3 nitrogen and oxygen atoms in total. The van der Waals surface area contributed by atoms with Crippen LogP contribution in [0.4, 0.5) is 0 Å². The van der Waals surface area contributed by atoms with Crippen LogP contribution in [-0.4, -0.2) is 25.2 Å². The van der Waals surface area contributed by atoms with E-state index >= 15 is 0 Å². The molecule has 2 fully saturated rings. The Labute approximate surface area is 72.5 Å². The Morgan fingerprint density at radius 3 is 2.92 bits per heavy atom. The summed E-state index contributed by atoms with van der Waals surface area (Å²) in [5.74, 6) is 0.673. The number of hydrogen-bond donors (Lipinski definition) is 1. The Balaban J connectivity index is 1.98. The number of carbonyl (C=O) groups excluding carboxylic acids is 1. The fourth-order valence-corrected chi connectivity index (χ4v) is 2.43. The van der Waals surface area contributed by atoms with Crippen molar-refractivity contribution in [1.82, 2.24) is 5.32 Å². The van der Waals surface area contributed by atoms with Gasteiger partial charge in [-0.3, -0.25) is 4.79 Å². The van der Waals surface area contributed by atoms with Crippen LogP contribution in [0, 0.1) is 5.92 Å². The summed E-state index contributed by atoms with van der Waals surface area (Å²) in [6, 6.07) is 0.550. The van der Waals surface area contributed by atoms with Gasteiger partial charge in [-0.25, -0.2) is 0 Å². The lowest BCUT2D eigenvalue weighted by Crippen LogP contribution is -2.46. The van der Waals surface area contributed by atoms with E-state index in [2.05, 4.69) is 5.32 Å². The van der Waals surface area contributed by atoms with Crippen LogP contribution in [0.3, 0.4) is 0 Å². The molecular formula is C9H15NO2. The second-order valence-corrected chi connectivity index (χ2v) is 3.85. The van der Waals surface area contributed by atoms with Gasteiger partial charge < -0.3 is 10.1 Å². The number of ether oxygens (including phenoxy) is 1. The molecular weight excluding hydrogens is 154 g/mol. The van der Waals surface area contributed by atoms with Crippen LogP contribution in [0.1, 0.15) is 25.7 Å². The van der Waals surface area contributed by atoms with E-state index in [0.29, 0.717) is 6.04 Å². The zero-order valence-corrected chi connectivity index (χ0v) is 7.38. The monoisotopic (exact) mass is 169 g/mol. The van der Waals surface area contributed by atoms with E-state index < -0.39 is 0 Å². The van der Waals surface area contributed by atoms with Gasteiger partial charge in [0.05, 0.1) is 7.11 Å². The van der Waals surface area contributed by atoms with Gasteiger partial charge in [-0.05, 0) is 31.6 Å². The molecule has 1 aliphatic heterocycles. The van der Waals surface area contributed by atoms with Crippen molar-refractivity contribution in [2.24, 2.45) is 5.92 Å². The number of carbonyl (C=O) groups is 1. The zero-order chi connectivity index (χ0) is 8.55. The highest BCUT2D eigenvalue weighted by Gasteiger charge is 2.36. The molecule has 1 saturated carbocycles. The number of esters is 1. The van der Waals surface area contributed by atoms with Crippen molar-refractivity contribution in [1.29, 1.82) is 0 Å². The van der Waals surface area contributed by atoms with Gasteiger partial charge in [0.2, 0.25) is 0 Å². The largest absolute Gasteiger partial charge is 0.468 e. The van der Waals surface area contributed by atoms with Crippen LogP contribution < -0.4 is 5.32 Å². The third kappa shape index (κ3) is 1.33. The van der Waals surface area contributed by atoms with E-state index in [-0.39, 0.29) is 12.0 Å². The van der Waals surface area contributed by atoms with E-state index in [9.17, 15) is 4.79 Å². The molecule has 0 spiro atoms. The molecule has 0 radical (unpaired) electrons. The molecule has 3 heteroatoms. The third-order valence-corrected chi connectivity index (χ3v) is 3.03. The van der Waals surface area contributed by atoms with Crippen molar-refractivity contribution in [3.63, 3.8) is 0 Å². The first-order valence-corrected chi connectivity index (χ1v) is 4.63. The maximum absolute atomic E-state index is 11.2. The molecule has 1 saturated heterocycles. The van der Waals surface area contributed by atoms with Crippen molar-refractivity contribution < 1.29 is 9.53 Å². The summed E-state index contributed by atoms with van der Waals surface area (Å²) in [6.07, 6.45) is 4.75. The summed E-state index contributed by atoms with van der Waals surface area (Å²) in [6.45, 7) is 0. The topological polar surface area (TPSA) is 38.3 Å². The van der Waals surface area contributed by atoms with Gasteiger partial charge in [-0.15, -0.1) is 0 Å². The maximum atomic E-state index is 11.2. The average Bonchev–Trinajstić information content (AvgIpc) is 2.44. The Bertz CT molecular complexity index is 181. The molecule has 2 bridgehead atoms. The molecule has 2 aliphatic rings. The summed E-state index contributed by atoms with van der Waals surface area (Å²) in [5.41, 5.74) is 0. The summed E-state index contributed by atoms with van der Waals surface area (Å²) in [7, 11) is 1.46. The summed E-state index contributed by atoms with van der Waals surface area (Å²) in [5, 5.41) is 3.32. The number of piperidine rings is 1. The lowest BCUT2D eigenvalue weighted by atomic mass is 9.94. The van der Waals surface area contributed by atoms with Crippen LogP contribution in [0.2, 0.25) is 0 Å². The minimum absolute atomic E-state index is 0.0266. The molecule has 12 heavy (non-hydrogen) atoms. The van der Waals surface area contributed by atoms with E-state index in [1.165, 1.54) is 26.4 Å². The van der Waals surface area contributed by atoms with Crippen molar-refractivity contribution in [3.8, 4) is 0 Å². The van der Waals surface area contributed by atoms with Crippen molar-refractivity contribution in [2.45, 2.75) is 37.8 Å². The number of nitrogens with one attached hydrogen (secondary N) is 1. The SMILES string of the molecule is COC(=O)C1CC2CCC(C2)N1. The number of fused-ring (bicyclic) bond motifs is 2. The van der Waals surface area contributed by atoms with Crippen LogP contribution in [-0.2, 0) is 9.53 Å². The molecule has 3 atom stereocenters. The standard InChI is InChI=1S/C9H15NO2/c1-12-9(11)8-5-6-2-3-7(4-6)10-8/h6-8,10H,2-5H2,1H3. The highest BCUT2D eigenvalue weighted by Crippen LogP contribution is 2.33. The quantitative estimate of drug-likeness (QED) is 0.587. The first-order valence-electron chi connectivity index (χ1n) is 4.63. The number of rotatable bonds is 1. The van der Waals surface area contributed by atoms with Gasteiger partial charge in [0.1, 0.15) is 6.04 Å². The Morgan fingerprint density at radius 2 is 2.25 bits per heavy atom. The van der Waals surface area contributed by atoms with Gasteiger partial charge in [-0.2, -0.15) is 0 Å². The van der Waals surface area contributed by atoms with Gasteiger partial charge in [0.25, 0.3) is 0 Å². The van der Waals surface area contributed by atoms with E-state index in [4.69, 9.17) is 4.74 Å². The van der Waals surface area contributed by atoms with Gasteiger partial charge in [0.15, 0.2) is 0 Å². The molecule has 2 rings (SSSR count). The molecule has 3 unspecified atom stereocenters. The van der Waals surface area contributed by atoms with Crippen molar-refractivity contribution in [2.75, 3.05) is 7.11 Å². The summed E-state index contributed by atoms with van der Waals surface area (Å²) < 4.78 is 4.71. The first-order chi connectivity index (χ1) is 5.79. The Hall–Kier alpha value is -0.570. The van der Waals surface area contributed by atoms with Crippen LogP contribution in [0.25, 0.3) is 0 Å². The van der Waals surface area contributed by atoms with Crippen molar-refractivity contribution >= 4 is 5.97 Å². The molecule has 1 aliphatic carbocycles. The summed E-state index contributed by atoms with van der Waals surface area (Å²) >= 11 is 0. The van der Waals surface area contributed by atoms with Crippen LogP contribution in [0.15, 0.2) is 0 Å². The van der Waals surface area contributed by atoms with Crippen LogP contribution in [0.5, 0.6) is 0 Å². The second-order valence-electron chi connectivity index (χ2n) is 3.85. The smallest absolute Gasteiger partial charge is 0.322 e. The third-order valence-electron chi connectivity index (χ3n) is 3.03. The molecule has 0 aromatic rings. The number of methoxy groups -OCH3 is 1. The minimum Gasteiger partial charge on any atom is -0.468 e. The summed E-state index contributed by atoms with van der Waals surface area (Å²) in [4.78, 5) is 11.2. The van der Waals surface area contributed by atoms with E-state index in [1.807, 2.05) is 0 Å². The minimum atomic E-state index is -0.0911. The van der Waals surface area contributed by atoms with E-state index in [0.717, 1.165) is 12.3 Å². The Morgan fingerprint density at radius 1 is 1.42 bits per heavy atom. The first kappa shape index (κ1) is 8.05. The van der Waals surface area contributed by atoms with Gasteiger partial charge in [0, 0.05) is 6.04 Å². The predicted octanol–water partition coefficient (Wildman–Crippen LogP) is 0.690. The second kappa shape index (κ2) is 3.05. The maximum Gasteiger partial charge on any atom is 0.322 e. The zero-order valence-electron chi connectivity index (χ0n) is 7.38. The Kier molecular flexibility index (Phi) is 2.05. The fourth-order valence-electron chi connectivity index (χ4n) is 2.43. The van der Waals surface area contributed by atoms with Crippen LogP contribution >= 0.6 is 0 Å². The van der Waals surface area contributed by atoms with E-state index in [1.54, 1.807) is 0 Å². The van der Waals surface area contributed by atoms with Gasteiger partial charge >= 0.3 is 5.97 Å². The molecule has 1 heterocycles. The number of hydrogen-bond acceptors (Lipinski definition) is 3. The van der Waals surface area contributed by atoms with Crippen molar-refractivity contribution in [3.05, 3.63) is 0 Å². The highest BCUT2D eigenvalue weighted by molar-refractivity contribution is 5.75. The predicted molar refractivity (Wildman–Crippen MR) is 44.7 cm³/mol. The highest BCUT2D eigenvalue weighted by atomic mass is 16.5. The fraction of sp³-hybridized carbons (Fsp3) is 0.889. The molecule has 0 amide bonds. The average molecular weight is 169 g/mol.